The molecule has 1 aliphatic rings. The zero-order chi connectivity index (χ0) is 12.3. The van der Waals surface area contributed by atoms with Crippen molar-refractivity contribution in [3.05, 3.63) is 18.0 Å². The molecule has 1 unspecified atom stereocenters. The monoisotopic (exact) mass is 255 g/mol. The number of rotatable bonds is 3. The van der Waals surface area contributed by atoms with Gasteiger partial charge in [-0.1, -0.05) is 0 Å². The van der Waals surface area contributed by atoms with E-state index in [9.17, 15) is 0 Å². The quantitative estimate of drug-likeness (QED) is 0.777. The second kappa shape index (κ2) is 5.19. The summed E-state index contributed by atoms with van der Waals surface area (Å²) < 4.78 is 5.56. The van der Waals surface area contributed by atoms with Crippen LogP contribution in [0.4, 0.5) is 5.95 Å². The molecule has 0 saturated carbocycles. The van der Waals surface area contributed by atoms with E-state index in [0.29, 0.717) is 5.88 Å². The Morgan fingerprint density at radius 3 is 2.76 bits per heavy atom. The van der Waals surface area contributed by atoms with Crippen molar-refractivity contribution in [2.75, 3.05) is 25.1 Å². The summed E-state index contributed by atoms with van der Waals surface area (Å²) in [5, 5.41) is 0. The fourth-order valence-electron chi connectivity index (χ4n) is 2.12. The van der Waals surface area contributed by atoms with Gasteiger partial charge < -0.3 is 9.64 Å². The standard InChI is InChI=1S/C12H18ClN3O/c1-12(17-2)4-3-5-16(9-12)11-14-7-10(6-13)8-15-11/h7-8H,3-6,9H2,1-2H3. The van der Waals surface area contributed by atoms with Crippen molar-refractivity contribution in [2.45, 2.75) is 31.2 Å². The van der Waals surface area contributed by atoms with E-state index in [2.05, 4.69) is 21.8 Å². The smallest absolute Gasteiger partial charge is 0.225 e. The van der Waals surface area contributed by atoms with Crippen molar-refractivity contribution >= 4 is 17.5 Å². The molecule has 1 atom stereocenters. The number of piperidine rings is 1. The number of methoxy groups -OCH3 is 1. The maximum absolute atomic E-state index is 5.72. The predicted octanol–water partition coefficient (Wildman–Crippen LogP) is 2.22. The third-order valence-corrected chi connectivity index (χ3v) is 3.59. The first-order valence-corrected chi connectivity index (χ1v) is 6.37. The van der Waals surface area contributed by atoms with Crippen molar-refractivity contribution in [3.8, 4) is 0 Å². The summed E-state index contributed by atoms with van der Waals surface area (Å²) in [6, 6.07) is 0. The van der Waals surface area contributed by atoms with Gasteiger partial charge >= 0.3 is 0 Å². The van der Waals surface area contributed by atoms with Gasteiger partial charge in [0, 0.05) is 38.2 Å². The summed E-state index contributed by atoms with van der Waals surface area (Å²) in [6.07, 6.45) is 5.76. The average molecular weight is 256 g/mol. The molecule has 0 N–H and O–H groups in total. The van der Waals surface area contributed by atoms with E-state index < -0.39 is 0 Å². The molecule has 2 rings (SSSR count). The Bertz CT molecular complexity index is 371. The highest BCUT2D eigenvalue weighted by molar-refractivity contribution is 6.17. The minimum Gasteiger partial charge on any atom is -0.377 e. The topological polar surface area (TPSA) is 38.2 Å². The largest absolute Gasteiger partial charge is 0.377 e. The van der Waals surface area contributed by atoms with Crippen LogP contribution >= 0.6 is 11.6 Å². The molecule has 0 aromatic carbocycles. The van der Waals surface area contributed by atoms with Gasteiger partial charge in [-0.2, -0.15) is 0 Å². The lowest BCUT2D eigenvalue weighted by molar-refractivity contribution is -0.00498. The first kappa shape index (κ1) is 12.6. The molecule has 0 spiro atoms. The maximum atomic E-state index is 5.72. The zero-order valence-corrected chi connectivity index (χ0v) is 11.1. The number of aromatic nitrogens is 2. The highest BCUT2D eigenvalue weighted by atomic mass is 35.5. The summed E-state index contributed by atoms with van der Waals surface area (Å²) in [5.41, 5.74) is 0.856. The van der Waals surface area contributed by atoms with Gasteiger partial charge in [-0.3, -0.25) is 0 Å². The fraction of sp³-hybridized carbons (Fsp3) is 0.667. The molecule has 1 saturated heterocycles. The fourth-order valence-corrected chi connectivity index (χ4v) is 2.26. The summed E-state index contributed by atoms with van der Waals surface area (Å²) in [6.45, 7) is 3.95. The van der Waals surface area contributed by atoms with Crippen LogP contribution in [0.2, 0.25) is 0 Å². The molecule has 1 aliphatic heterocycles. The summed E-state index contributed by atoms with van der Waals surface area (Å²) in [4.78, 5) is 10.9. The highest BCUT2D eigenvalue weighted by Crippen LogP contribution is 2.25. The molecule has 94 valence electrons. The van der Waals surface area contributed by atoms with Crippen LogP contribution in [0.15, 0.2) is 12.4 Å². The minimum absolute atomic E-state index is 0.0905. The summed E-state index contributed by atoms with van der Waals surface area (Å²) in [5.74, 6) is 1.22. The molecule has 0 aliphatic carbocycles. The SMILES string of the molecule is COC1(C)CCCN(c2ncc(CCl)cn2)C1. The van der Waals surface area contributed by atoms with E-state index in [-0.39, 0.29) is 5.60 Å². The van der Waals surface area contributed by atoms with Crippen LogP contribution in [0.25, 0.3) is 0 Å². The molecule has 17 heavy (non-hydrogen) atoms. The lowest BCUT2D eigenvalue weighted by Gasteiger charge is -2.39. The van der Waals surface area contributed by atoms with Gasteiger partial charge in [0.15, 0.2) is 0 Å². The van der Waals surface area contributed by atoms with E-state index in [1.807, 2.05) is 0 Å². The van der Waals surface area contributed by atoms with Gasteiger partial charge in [-0.05, 0) is 19.8 Å². The maximum Gasteiger partial charge on any atom is 0.225 e. The van der Waals surface area contributed by atoms with Crippen LogP contribution in [0, 0.1) is 0 Å². The van der Waals surface area contributed by atoms with E-state index in [1.165, 1.54) is 0 Å². The van der Waals surface area contributed by atoms with Crippen LogP contribution in [0.1, 0.15) is 25.3 Å². The Kier molecular flexibility index (Phi) is 3.84. The molecule has 0 bridgehead atoms. The first-order chi connectivity index (χ1) is 8.17. The van der Waals surface area contributed by atoms with Crippen molar-refractivity contribution in [1.29, 1.82) is 0 Å². The number of ether oxygens (including phenoxy) is 1. The van der Waals surface area contributed by atoms with Crippen molar-refractivity contribution in [2.24, 2.45) is 0 Å². The molecule has 0 amide bonds. The van der Waals surface area contributed by atoms with E-state index in [1.54, 1.807) is 19.5 Å². The number of hydrogen-bond donors (Lipinski definition) is 0. The molecule has 1 aromatic rings. The second-order valence-electron chi connectivity index (χ2n) is 4.70. The Morgan fingerprint density at radius 2 is 2.18 bits per heavy atom. The minimum atomic E-state index is -0.0905. The van der Waals surface area contributed by atoms with Crippen LogP contribution in [0.3, 0.4) is 0 Å². The molecular formula is C12H18ClN3O. The molecule has 1 aromatic heterocycles. The molecular weight excluding hydrogens is 238 g/mol. The zero-order valence-electron chi connectivity index (χ0n) is 10.3. The van der Waals surface area contributed by atoms with Crippen molar-refractivity contribution in [3.63, 3.8) is 0 Å². The van der Waals surface area contributed by atoms with Crippen molar-refractivity contribution < 1.29 is 4.74 Å². The number of alkyl halides is 1. The molecule has 4 nitrogen and oxygen atoms in total. The van der Waals surface area contributed by atoms with Gasteiger partial charge in [-0.15, -0.1) is 11.6 Å². The van der Waals surface area contributed by atoms with Gasteiger partial charge in [0.2, 0.25) is 5.95 Å². The van der Waals surface area contributed by atoms with Crippen LogP contribution in [-0.4, -0.2) is 35.8 Å². The second-order valence-corrected chi connectivity index (χ2v) is 4.97. The Morgan fingerprint density at radius 1 is 1.47 bits per heavy atom. The van der Waals surface area contributed by atoms with Gasteiger partial charge in [-0.25, -0.2) is 9.97 Å². The average Bonchev–Trinajstić information content (AvgIpc) is 2.39. The van der Waals surface area contributed by atoms with E-state index in [4.69, 9.17) is 16.3 Å². The predicted molar refractivity (Wildman–Crippen MR) is 68.5 cm³/mol. The highest BCUT2D eigenvalue weighted by Gasteiger charge is 2.31. The van der Waals surface area contributed by atoms with E-state index in [0.717, 1.165) is 37.4 Å². The third-order valence-electron chi connectivity index (χ3n) is 3.28. The van der Waals surface area contributed by atoms with Gasteiger partial charge in [0.05, 0.1) is 11.5 Å². The Hall–Kier alpha value is -0.870. The molecule has 1 fully saturated rings. The van der Waals surface area contributed by atoms with E-state index >= 15 is 0 Å². The lowest BCUT2D eigenvalue weighted by atomic mass is 9.95. The van der Waals surface area contributed by atoms with Crippen molar-refractivity contribution in [1.82, 2.24) is 9.97 Å². The third kappa shape index (κ3) is 2.87. The number of anilines is 1. The Labute approximate surface area is 107 Å². The number of nitrogens with zero attached hydrogens (tertiary/aromatic N) is 3. The van der Waals surface area contributed by atoms with Crippen LogP contribution in [0.5, 0.6) is 0 Å². The lowest BCUT2D eigenvalue weighted by Crippen LogP contribution is -2.48. The molecule has 5 heteroatoms. The molecule has 2 heterocycles. The van der Waals surface area contributed by atoms with Gasteiger partial charge in [0.25, 0.3) is 0 Å². The Balaban J connectivity index is 2.10. The van der Waals surface area contributed by atoms with Gasteiger partial charge in [0.1, 0.15) is 0 Å². The number of halogens is 1. The summed E-state index contributed by atoms with van der Waals surface area (Å²) >= 11 is 5.72. The van der Waals surface area contributed by atoms with Crippen LogP contribution in [-0.2, 0) is 10.6 Å². The number of hydrogen-bond acceptors (Lipinski definition) is 4. The van der Waals surface area contributed by atoms with Crippen LogP contribution < -0.4 is 4.90 Å². The molecule has 0 radical (unpaired) electrons. The first-order valence-electron chi connectivity index (χ1n) is 5.84. The normalized spacial score (nSPS) is 25.0. The summed E-state index contributed by atoms with van der Waals surface area (Å²) in [7, 11) is 1.76.